The van der Waals surface area contributed by atoms with Crippen LogP contribution in [0.25, 0.3) is 0 Å². The van der Waals surface area contributed by atoms with Gasteiger partial charge in [-0.25, -0.2) is 4.98 Å². The number of anilines is 1. The number of hydrogen-bond donors (Lipinski definition) is 1. The highest BCUT2D eigenvalue weighted by atomic mass is 32.1. The third-order valence-electron chi connectivity index (χ3n) is 2.94. The zero-order valence-corrected chi connectivity index (χ0v) is 11.3. The number of rotatable bonds is 4. The van der Waals surface area contributed by atoms with E-state index >= 15 is 0 Å². The van der Waals surface area contributed by atoms with Crippen LogP contribution < -0.4 is 5.32 Å². The average Bonchev–Trinajstić information content (AvgIpc) is 2.67. The molecule has 0 saturated carbocycles. The molecule has 1 N–H and O–H groups in total. The van der Waals surface area contributed by atoms with Crippen molar-refractivity contribution in [3.63, 3.8) is 0 Å². The predicted octanol–water partition coefficient (Wildman–Crippen LogP) is 4.32. The summed E-state index contributed by atoms with van der Waals surface area (Å²) in [5.41, 5.74) is 2.45. The number of nitrogens with zero attached hydrogens (tertiary/aromatic N) is 1. The van der Waals surface area contributed by atoms with Crippen molar-refractivity contribution in [3.8, 4) is 0 Å². The summed E-state index contributed by atoms with van der Waals surface area (Å²) < 4.78 is 0. The second-order valence-corrected chi connectivity index (χ2v) is 5.38. The summed E-state index contributed by atoms with van der Waals surface area (Å²) in [4.78, 5) is 5.82. The first kappa shape index (κ1) is 12.1. The average molecular weight is 246 g/mol. The van der Waals surface area contributed by atoms with Crippen molar-refractivity contribution in [2.75, 3.05) is 5.32 Å². The molecule has 2 nitrogen and oxygen atoms in total. The van der Waals surface area contributed by atoms with Crippen LogP contribution in [0.3, 0.4) is 0 Å². The van der Waals surface area contributed by atoms with Gasteiger partial charge in [0.2, 0.25) is 0 Å². The van der Waals surface area contributed by atoms with E-state index in [-0.39, 0.29) is 0 Å². The van der Waals surface area contributed by atoms with Crippen LogP contribution >= 0.6 is 11.3 Å². The maximum absolute atomic E-state index is 4.53. The van der Waals surface area contributed by atoms with Gasteiger partial charge in [0.25, 0.3) is 0 Å². The molecule has 2 rings (SSSR count). The Balaban J connectivity index is 2.15. The molecule has 0 spiro atoms. The van der Waals surface area contributed by atoms with E-state index < -0.39 is 0 Å². The van der Waals surface area contributed by atoms with Gasteiger partial charge in [0.15, 0.2) is 5.13 Å². The molecule has 1 atom stereocenters. The minimum Gasteiger partial charge on any atom is -0.355 e. The Morgan fingerprint density at radius 3 is 2.47 bits per heavy atom. The lowest BCUT2D eigenvalue weighted by molar-refractivity contribution is 0.748. The van der Waals surface area contributed by atoms with Gasteiger partial charge in [0.1, 0.15) is 0 Å². The SMILES string of the molecule is CCC(Nc1nc(C)c(C)s1)c1ccccc1. The minimum absolute atomic E-state index is 0.348. The minimum atomic E-state index is 0.348. The van der Waals surface area contributed by atoms with Gasteiger partial charge < -0.3 is 5.32 Å². The first-order valence-corrected chi connectivity index (χ1v) is 6.78. The van der Waals surface area contributed by atoms with E-state index in [4.69, 9.17) is 0 Å². The summed E-state index contributed by atoms with van der Waals surface area (Å²) in [6.45, 7) is 6.36. The molecule has 0 saturated heterocycles. The van der Waals surface area contributed by atoms with Crippen LogP contribution in [-0.2, 0) is 0 Å². The summed E-state index contributed by atoms with van der Waals surface area (Å²) in [6.07, 6.45) is 1.06. The number of aromatic nitrogens is 1. The molecule has 1 aromatic heterocycles. The lowest BCUT2D eigenvalue weighted by Gasteiger charge is -2.16. The van der Waals surface area contributed by atoms with Crippen LogP contribution in [0, 0.1) is 13.8 Å². The Labute approximate surface area is 107 Å². The van der Waals surface area contributed by atoms with Crippen LogP contribution in [0.1, 0.15) is 35.5 Å². The number of aryl methyl sites for hydroxylation is 2. The molecule has 2 aromatic rings. The van der Waals surface area contributed by atoms with E-state index in [1.807, 2.05) is 6.07 Å². The molecule has 1 heterocycles. The van der Waals surface area contributed by atoms with Crippen molar-refractivity contribution in [3.05, 3.63) is 46.5 Å². The van der Waals surface area contributed by atoms with Crippen LogP contribution in [0.15, 0.2) is 30.3 Å². The van der Waals surface area contributed by atoms with Crippen molar-refractivity contribution in [2.45, 2.75) is 33.2 Å². The molecule has 0 fully saturated rings. The number of thiazole rings is 1. The largest absolute Gasteiger partial charge is 0.355 e. The van der Waals surface area contributed by atoms with E-state index in [0.29, 0.717) is 6.04 Å². The third-order valence-corrected chi connectivity index (χ3v) is 3.94. The van der Waals surface area contributed by atoms with Gasteiger partial charge >= 0.3 is 0 Å². The summed E-state index contributed by atoms with van der Waals surface area (Å²) in [6, 6.07) is 10.9. The van der Waals surface area contributed by atoms with Crippen LogP contribution in [-0.4, -0.2) is 4.98 Å². The van der Waals surface area contributed by atoms with Gasteiger partial charge in [0.05, 0.1) is 11.7 Å². The molecule has 0 aliphatic carbocycles. The molecule has 0 radical (unpaired) electrons. The molecule has 0 amide bonds. The highest BCUT2D eigenvalue weighted by Gasteiger charge is 2.11. The summed E-state index contributed by atoms with van der Waals surface area (Å²) in [7, 11) is 0. The molecular weight excluding hydrogens is 228 g/mol. The maximum atomic E-state index is 4.53. The first-order chi connectivity index (χ1) is 8.20. The van der Waals surface area contributed by atoms with E-state index in [1.165, 1.54) is 10.4 Å². The fourth-order valence-electron chi connectivity index (χ4n) is 1.79. The molecule has 0 bridgehead atoms. The Hall–Kier alpha value is -1.35. The van der Waals surface area contributed by atoms with E-state index in [2.05, 4.69) is 55.3 Å². The zero-order valence-electron chi connectivity index (χ0n) is 10.5. The summed E-state index contributed by atoms with van der Waals surface area (Å²) in [5, 5.41) is 4.54. The van der Waals surface area contributed by atoms with Gasteiger partial charge in [-0.1, -0.05) is 37.3 Å². The maximum Gasteiger partial charge on any atom is 0.183 e. The normalized spacial score (nSPS) is 12.4. The number of benzene rings is 1. The van der Waals surface area contributed by atoms with Crippen molar-refractivity contribution >= 4 is 16.5 Å². The van der Waals surface area contributed by atoms with Gasteiger partial charge in [-0.15, -0.1) is 11.3 Å². The summed E-state index contributed by atoms with van der Waals surface area (Å²) in [5.74, 6) is 0. The van der Waals surface area contributed by atoms with Gasteiger partial charge in [-0.3, -0.25) is 0 Å². The molecule has 1 aromatic carbocycles. The third kappa shape index (κ3) is 2.86. The highest BCUT2D eigenvalue weighted by molar-refractivity contribution is 7.15. The fourth-order valence-corrected chi connectivity index (χ4v) is 2.66. The number of nitrogens with one attached hydrogen (secondary N) is 1. The second kappa shape index (κ2) is 5.32. The highest BCUT2D eigenvalue weighted by Crippen LogP contribution is 2.27. The van der Waals surface area contributed by atoms with Crippen LogP contribution in [0.2, 0.25) is 0 Å². The Kier molecular flexibility index (Phi) is 3.79. The van der Waals surface area contributed by atoms with Gasteiger partial charge in [-0.05, 0) is 25.8 Å². The standard InChI is InChI=1S/C14H18N2S/c1-4-13(12-8-6-5-7-9-12)16-14-15-10(2)11(3)17-14/h5-9,13H,4H2,1-3H3,(H,15,16). The fraction of sp³-hybridized carbons (Fsp3) is 0.357. The molecule has 90 valence electrons. The smallest absolute Gasteiger partial charge is 0.183 e. The van der Waals surface area contributed by atoms with Crippen LogP contribution in [0.4, 0.5) is 5.13 Å². The summed E-state index contributed by atoms with van der Waals surface area (Å²) >= 11 is 1.73. The van der Waals surface area contributed by atoms with E-state index in [9.17, 15) is 0 Å². The van der Waals surface area contributed by atoms with Crippen molar-refractivity contribution < 1.29 is 0 Å². The van der Waals surface area contributed by atoms with Crippen molar-refractivity contribution in [2.24, 2.45) is 0 Å². The second-order valence-electron chi connectivity index (χ2n) is 4.18. The molecule has 0 aliphatic rings. The van der Waals surface area contributed by atoms with Crippen LogP contribution in [0.5, 0.6) is 0 Å². The molecule has 1 unspecified atom stereocenters. The number of hydrogen-bond acceptors (Lipinski definition) is 3. The van der Waals surface area contributed by atoms with Crippen molar-refractivity contribution in [1.29, 1.82) is 0 Å². The van der Waals surface area contributed by atoms with E-state index in [1.54, 1.807) is 11.3 Å². The topological polar surface area (TPSA) is 24.9 Å². The zero-order chi connectivity index (χ0) is 12.3. The Bertz CT molecular complexity index is 457. The van der Waals surface area contributed by atoms with Gasteiger partial charge in [-0.2, -0.15) is 0 Å². The molecule has 0 aliphatic heterocycles. The quantitative estimate of drug-likeness (QED) is 0.869. The molecule has 17 heavy (non-hydrogen) atoms. The molecule has 3 heteroatoms. The van der Waals surface area contributed by atoms with E-state index in [0.717, 1.165) is 17.2 Å². The first-order valence-electron chi connectivity index (χ1n) is 5.96. The van der Waals surface area contributed by atoms with Gasteiger partial charge in [0, 0.05) is 4.88 Å². The van der Waals surface area contributed by atoms with Crippen molar-refractivity contribution in [1.82, 2.24) is 4.98 Å². The lowest BCUT2D eigenvalue weighted by Crippen LogP contribution is -2.09. The molecular formula is C14H18N2S. The Morgan fingerprint density at radius 1 is 1.24 bits per heavy atom. The monoisotopic (exact) mass is 246 g/mol. The lowest BCUT2D eigenvalue weighted by atomic mass is 10.1. The Morgan fingerprint density at radius 2 is 1.94 bits per heavy atom. The predicted molar refractivity (Wildman–Crippen MR) is 74.7 cm³/mol.